The lowest BCUT2D eigenvalue weighted by atomic mass is 9.88. The fourth-order valence-corrected chi connectivity index (χ4v) is 4.38. The third kappa shape index (κ3) is 3.90. The van der Waals surface area contributed by atoms with E-state index in [-0.39, 0.29) is 24.0 Å². The van der Waals surface area contributed by atoms with Crippen molar-refractivity contribution in [2.45, 2.75) is 38.5 Å². The molecule has 0 N–H and O–H groups in total. The van der Waals surface area contributed by atoms with E-state index < -0.39 is 6.04 Å². The Labute approximate surface area is 171 Å². The number of hydrogen-bond donors (Lipinski definition) is 0. The molecular formula is C24H26N2O3. The fraction of sp³-hybridized carbons (Fsp3) is 0.333. The quantitative estimate of drug-likeness (QED) is 0.553. The summed E-state index contributed by atoms with van der Waals surface area (Å²) in [4.78, 5) is 30.1. The topological polar surface area (TPSA) is 49.9 Å². The fourth-order valence-electron chi connectivity index (χ4n) is 4.38. The van der Waals surface area contributed by atoms with Crippen molar-refractivity contribution in [3.8, 4) is 0 Å². The van der Waals surface area contributed by atoms with Gasteiger partial charge in [-0.2, -0.15) is 0 Å². The Morgan fingerprint density at radius 1 is 0.966 bits per heavy atom. The van der Waals surface area contributed by atoms with E-state index in [1.807, 2.05) is 65.6 Å². The molecular weight excluding hydrogens is 364 g/mol. The zero-order chi connectivity index (χ0) is 20.2. The van der Waals surface area contributed by atoms with Crippen LogP contribution < -0.4 is 0 Å². The molecule has 1 fully saturated rings. The number of fused-ring (bicyclic) bond motifs is 1. The molecule has 29 heavy (non-hydrogen) atoms. The van der Waals surface area contributed by atoms with E-state index >= 15 is 0 Å². The predicted molar refractivity (Wildman–Crippen MR) is 111 cm³/mol. The van der Waals surface area contributed by atoms with Gasteiger partial charge in [0.15, 0.2) is 0 Å². The minimum absolute atomic E-state index is 0.000764. The van der Waals surface area contributed by atoms with Crippen molar-refractivity contribution in [3.63, 3.8) is 0 Å². The monoisotopic (exact) mass is 390 g/mol. The number of carbonyl (C=O) groups is 2. The first-order valence-corrected chi connectivity index (χ1v) is 10.2. The van der Waals surface area contributed by atoms with Crippen LogP contribution in [0.4, 0.5) is 4.79 Å². The number of hydrogen-bond acceptors (Lipinski definition) is 3. The van der Waals surface area contributed by atoms with Gasteiger partial charge in [0.05, 0.1) is 12.6 Å². The molecule has 2 aliphatic rings. The molecule has 2 aromatic rings. The molecule has 1 aliphatic heterocycles. The Morgan fingerprint density at radius 2 is 1.55 bits per heavy atom. The van der Waals surface area contributed by atoms with Crippen molar-refractivity contribution < 1.29 is 14.3 Å². The molecule has 0 spiro atoms. The van der Waals surface area contributed by atoms with Gasteiger partial charge in [-0.1, -0.05) is 72.8 Å². The summed E-state index contributed by atoms with van der Waals surface area (Å²) in [5.41, 5.74) is 2.08. The van der Waals surface area contributed by atoms with Gasteiger partial charge in [0, 0.05) is 19.0 Å². The van der Waals surface area contributed by atoms with Crippen molar-refractivity contribution in [1.82, 2.24) is 9.80 Å². The third-order valence-corrected chi connectivity index (χ3v) is 5.69. The molecule has 4 rings (SSSR count). The predicted octanol–water partition coefficient (Wildman–Crippen LogP) is 4.00. The van der Waals surface area contributed by atoms with Crippen LogP contribution >= 0.6 is 0 Å². The Bertz CT molecular complexity index is 882. The standard InChI is InChI=1S/C24H26N2O3/c1-2-29-23(27)22-20-14-9-15-21(20)25(16-18-10-5-3-6-11-18)24(28)26(22)17-19-12-7-4-8-13-19/h3-13,15,20-22H,2,14,16-17H2,1H3/t20-,21+,22-/m1/s1. The molecule has 5 heteroatoms. The second-order valence-corrected chi connectivity index (χ2v) is 7.52. The molecule has 1 heterocycles. The van der Waals surface area contributed by atoms with Crippen LogP contribution in [0, 0.1) is 5.92 Å². The van der Waals surface area contributed by atoms with Crippen LogP contribution in [0.2, 0.25) is 0 Å². The highest BCUT2D eigenvalue weighted by molar-refractivity contribution is 5.86. The van der Waals surface area contributed by atoms with Crippen LogP contribution in [0.25, 0.3) is 0 Å². The van der Waals surface area contributed by atoms with E-state index in [9.17, 15) is 9.59 Å². The Kier molecular flexibility index (Phi) is 5.65. The molecule has 2 aromatic carbocycles. The highest BCUT2D eigenvalue weighted by Crippen LogP contribution is 2.37. The minimum Gasteiger partial charge on any atom is -0.464 e. The number of rotatable bonds is 6. The summed E-state index contributed by atoms with van der Waals surface area (Å²) in [6.07, 6.45) is 4.91. The summed E-state index contributed by atoms with van der Waals surface area (Å²) in [6, 6.07) is 19.0. The van der Waals surface area contributed by atoms with Crippen molar-refractivity contribution in [2.24, 2.45) is 5.92 Å². The molecule has 0 aromatic heterocycles. The van der Waals surface area contributed by atoms with E-state index in [0.29, 0.717) is 19.7 Å². The van der Waals surface area contributed by atoms with Crippen molar-refractivity contribution in [2.75, 3.05) is 6.61 Å². The summed E-state index contributed by atoms with van der Waals surface area (Å²) in [5.74, 6) is -0.311. The van der Waals surface area contributed by atoms with Gasteiger partial charge >= 0.3 is 12.0 Å². The second kappa shape index (κ2) is 8.52. The molecule has 3 atom stereocenters. The first-order valence-electron chi connectivity index (χ1n) is 10.2. The van der Waals surface area contributed by atoms with Gasteiger partial charge in [0.1, 0.15) is 6.04 Å². The highest BCUT2D eigenvalue weighted by Gasteiger charge is 2.50. The number of nitrogens with zero attached hydrogens (tertiary/aromatic N) is 2. The summed E-state index contributed by atoms with van der Waals surface area (Å²) in [6.45, 7) is 3.01. The van der Waals surface area contributed by atoms with Crippen molar-refractivity contribution in [3.05, 3.63) is 83.9 Å². The lowest BCUT2D eigenvalue weighted by Gasteiger charge is -2.47. The molecule has 2 amide bonds. The zero-order valence-electron chi connectivity index (χ0n) is 16.6. The third-order valence-electron chi connectivity index (χ3n) is 5.69. The first-order chi connectivity index (χ1) is 14.2. The largest absolute Gasteiger partial charge is 0.464 e. The number of carbonyl (C=O) groups excluding carboxylic acids is 2. The van der Waals surface area contributed by atoms with Crippen LogP contribution in [0.3, 0.4) is 0 Å². The summed E-state index contributed by atoms with van der Waals surface area (Å²) < 4.78 is 5.38. The average Bonchev–Trinajstić information content (AvgIpc) is 3.22. The van der Waals surface area contributed by atoms with Gasteiger partial charge in [0.2, 0.25) is 0 Å². The maximum atomic E-state index is 13.6. The number of ether oxygens (including phenoxy) is 1. The molecule has 1 aliphatic carbocycles. The minimum atomic E-state index is -0.574. The summed E-state index contributed by atoms with van der Waals surface area (Å²) in [7, 11) is 0. The smallest absolute Gasteiger partial charge is 0.329 e. The first kappa shape index (κ1) is 19.2. The maximum absolute atomic E-state index is 13.6. The summed E-state index contributed by atoms with van der Waals surface area (Å²) >= 11 is 0. The molecule has 0 bridgehead atoms. The molecule has 150 valence electrons. The van der Waals surface area contributed by atoms with Crippen molar-refractivity contribution >= 4 is 12.0 Å². The number of amides is 2. The number of urea groups is 1. The highest BCUT2D eigenvalue weighted by atomic mass is 16.5. The molecule has 1 saturated heterocycles. The van der Waals surface area contributed by atoms with Crippen LogP contribution in [-0.4, -0.2) is 40.5 Å². The number of esters is 1. The van der Waals surface area contributed by atoms with E-state index in [1.165, 1.54) is 0 Å². The van der Waals surface area contributed by atoms with E-state index in [0.717, 1.165) is 17.5 Å². The maximum Gasteiger partial charge on any atom is 0.329 e. The molecule has 5 nitrogen and oxygen atoms in total. The van der Waals surface area contributed by atoms with Gasteiger partial charge in [-0.3, -0.25) is 0 Å². The Morgan fingerprint density at radius 3 is 2.14 bits per heavy atom. The van der Waals surface area contributed by atoms with E-state index in [2.05, 4.69) is 12.2 Å². The van der Waals surface area contributed by atoms with Gasteiger partial charge in [-0.25, -0.2) is 9.59 Å². The molecule has 0 radical (unpaired) electrons. The second-order valence-electron chi connectivity index (χ2n) is 7.52. The number of benzene rings is 2. The van der Waals surface area contributed by atoms with Gasteiger partial charge in [0.25, 0.3) is 0 Å². The van der Waals surface area contributed by atoms with Gasteiger partial charge in [-0.15, -0.1) is 0 Å². The molecule has 0 saturated carbocycles. The van der Waals surface area contributed by atoms with E-state index in [4.69, 9.17) is 4.74 Å². The summed E-state index contributed by atoms with van der Waals surface area (Å²) in [5, 5.41) is 0. The lowest BCUT2D eigenvalue weighted by molar-refractivity contribution is -0.153. The lowest BCUT2D eigenvalue weighted by Crippen LogP contribution is -2.63. The zero-order valence-corrected chi connectivity index (χ0v) is 16.6. The van der Waals surface area contributed by atoms with Crippen LogP contribution in [0.5, 0.6) is 0 Å². The average molecular weight is 390 g/mol. The van der Waals surface area contributed by atoms with Crippen molar-refractivity contribution in [1.29, 1.82) is 0 Å². The van der Waals surface area contributed by atoms with Crippen LogP contribution in [0.15, 0.2) is 72.8 Å². The number of allylic oxidation sites excluding steroid dienone is 1. The SMILES string of the molecule is CCOC(=O)[C@H]1[C@@H]2CC=C[C@@H]2N(Cc2ccccc2)C(=O)N1Cc1ccccc1. The van der Waals surface area contributed by atoms with Crippen LogP contribution in [-0.2, 0) is 22.6 Å². The van der Waals surface area contributed by atoms with Crippen LogP contribution in [0.1, 0.15) is 24.5 Å². The van der Waals surface area contributed by atoms with Gasteiger partial charge < -0.3 is 14.5 Å². The normalized spacial score (nSPS) is 23.2. The van der Waals surface area contributed by atoms with Gasteiger partial charge in [-0.05, 0) is 24.5 Å². The van der Waals surface area contributed by atoms with E-state index in [1.54, 1.807) is 11.8 Å². The Balaban J connectivity index is 1.68. The molecule has 0 unspecified atom stereocenters. The Hall–Kier alpha value is -3.08.